The molecule has 2 aromatic carbocycles. The molecule has 0 radical (unpaired) electrons. The van der Waals surface area contributed by atoms with Crippen molar-refractivity contribution >= 4 is 29.3 Å². The molecule has 1 aliphatic heterocycles. The van der Waals surface area contributed by atoms with Gasteiger partial charge in [0.25, 0.3) is 0 Å². The Hall–Kier alpha value is -1.54. The predicted octanol–water partition coefficient (Wildman–Crippen LogP) is 5.84. The molecule has 0 saturated heterocycles. The smallest absolute Gasteiger partial charge is 0.0595 e. The maximum absolute atomic E-state index is 6.08. The Labute approximate surface area is 147 Å². The van der Waals surface area contributed by atoms with Crippen molar-refractivity contribution in [2.75, 3.05) is 13.1 Å². The van der Waals surface area contributed by atoms with Crippen molar-refractivity contribution in [1.82, 2.24) is 4.90 Å². The van der Waals surface area contributed by atoms with Gasteiger partial charge < -0.3 is 0 Å². The molecule has 0 fully saturated rings. The van der Waals surface area contributed by atoms with Gasteiger partial charge in [0.2, 0.25) is 0 Å². The largest absolute Gasteiger partial charge is 0.295 e. The second kappa shape index (κ2) is 7.83. The fraction of sp³-hybridized carbons (Fsp3) is 0.200. The highest BCUT2D eigenvalue weighted by Gasteiger charge is 2.11. The summed E-state index contributed by atoms with van der Waals surface area (Å²) >= 11 is 12.0. The Kier molecular flexibility index (Phi) is 5.56. The maximum atomic E-state index is 6.08. The van der Waals surface area contributed by atoms with Crippen LogP contribution in [0.4, 0.5) is 0 Å². The summed E-state index contributed by atoms with van der Waals surface area (Å²) in [6.45, 7) is 2.93. The van der Waals surface area contributed by atoms with E-state index in [1.54, 1.807) is 0 Å². The minimum Gasteiger partial charge on any atom is -0.295 e. The van der Waals surface area contributed by atoms with Crippen LogP contribution < -0.4 is 0 Å². The first-order chi connectivity index (χ1) is 11.2. The lowest BCUT2D eigenvalue weighted by Gasteiger charge is -2.25. The summed E-state index contributed by atoms with van der Waals surface area (Å²) in [5.41, 5.74) is 3.85. The Balaban J connectivity index is 1.57. The minimum atomic E-state index is 0.613. The summed E-state index contributed by atoms with van der Waals surface area (Å²) < 4.78 is 0. The van der Waals surface area contributed by atoms with E-state index in [0.717, 1.165) is 26.1 Å². The number of halogens is 2. The van der Waals surface area contributed by atoms with E-state index in [-0.39, 0.29) is 0 Å². The van der Waals surface area contributed by atoms with Crippen LogP contribution >= 0.6 is 23.2 Å². The standard InChI is InChI=1S/C20H19Cl2N/c21-19-9-8-18(14-20(19)22)15-23-12-10-17(11-13-23)7-6-16-4-2-1-3-5-16/h1-10,14H,11-13,15H2/b7-6+. The van der Waals surface area contributed by atoms with Crippen molar-refractivity contribution < 1.29 is 0 Å². The number of rotatable bonds is 4. The van der Waals surface area contributed by atoms with Gasteiger partial charge in [0.1, 0.15) is 0 Å². The highest BCUT2D eigenvalue weighted by atomic mass is 35.5. The normalized spacial score (nSPS) is 15.8. The molecule has 3 heteroatoms. The van der Waals surface area contributed by atoms with Crippen LogP contribution in [0.3, 0.4) is 0 Å². The predicted molar refractivity (Wildman–Crippen MR) is 99.9 cm³/mol. The minimum absolute atomic E-state index is 0.613. The van der Waals surface area contributed by atoms with Crippen LogP contribution in [-0.4, -0.2) is 18.0 Å². The van der Waals surface area contributed by atoms with Crippen LogP contribution in [0, 0.1) is 0 Å². The van der Waals surface area contributed by atoms with E-state index in [4.69, 9.17) is 23.2 Å². The molecule has 1 heterocycles. The van der Waals surface area contributed by atoms with Gasteiger partial charge in [0.05, 0.1) is 10.0 Å². The second-order valence-corrected chi connectivity index (χ2v) is 6.57. The van der Waals surface area contributed by atoms with Gasteiger partial charge >= 0.3 is 0 Å². The Morgan fingerprint density at radius 2 is 1.78 bits per heavy atom. The fourth-order valence-electron chi connectivity index (χ4n) is 2.69. The average Bonchev–Trinajstić information content (AvgIpc) is 2.58. The molecule has 0 amide bonds. The molecule has 118 valence electrons. The van der Waals surface area contributed by atoms with Gasteiger partial charge in [-0.15, -0.1) is 0 Å². The fourth-order valence-corrected chi connectivity index (χ4v) is 3.01. The molecule has 3 rings (SSSR count). The quantitative estimate of drug-likeness (QED) is 0.674. The molecule has 23 heavy (non-hydrogen) atoms. The number of allylic oxidation sites excluding steroid dienone is 1. The molecule has 1 aliphatic rings. The summed E-state index contributed by atoms with van der Waals surface area (Å²) in [5.74, 6) is 0. The second-order valence-electron chi connectivity index (χ2n) is 5.76. The first-order valence-electron chi connectivity index (χ1n) is 7.79. The Morgan fingerprint density at radius 3 is 2.48 bits per heavy atom. The van der Waals surface area contributed by atoms with E-state index in [9.17, 15) is 0 Å². The number of benzene rings is 2. The molecule has 0 N–H and O–H groups in total. The van der Waals surface area contributed by atoms with Gasteiger partial charge in [0, 0.05) is 19.6 Å². The van der Waals surface area contributed by atoms with Gasteiger partial charge in [-0.05, 0) is 35.3 Å². The lowest BCUT2D eigenvalue weighted by atomic mass is 10.1. The zero-order chi connectivity index (χ0) is 16.1. The molecule has 0 unspecified atom stereocenters. The van der Waals surface area contributed by atoms with Crippen LogP contribution in [0.25, 0.3) is 6.08 Å². The van der Waals surface area contributed by atoms with E-state index in [1.807, 2.05) is 24.3 Å². The third-order valence-electron chi connectivity index (χ3n) is 4.01. The van der Waals surface area contributed by atoms with Crippen LogP contribution in [-0.2, 0) is 6.54 Å². The third-order valence-corrected chi connectivity index (χ3v) is 4.75. The summed E-state index contributed by atoms with van der Waals surface area (Å²) in [5, 5.41) is 1.24. The van der Waals surface area contributed by atoms with E-state index in [1.165, 1.54) is 16.7 Å². The molecule has 0 aliphatic carbocycles. The van der Waals surface area contributed by atoms with Crippen LogP contribution in [0.5, 0.6) is 0 Å². The molecular formula is C20H19Cl2N. The van der Waals surface area contributed by atoms with Crippen molar-refractivity contribution in [3.8, 4) is 0 Å². The van der Waals surface area contributed by atoms with Crippen molar-refractivity contribution in [3.05, 3.63) is 87.4 Å². The lowest BCUT2D eigenvalue weighted by Crippen LogP contribution is -2.28. The van der Waals surface area contributed by atoms with Gasteiger partial charge in [-0.25, -0.2) is 0 Å². The molecule has 0 spiro atoms. The first kappa shape index (κ1) is 16.3. The van der Waals surface area contributed by atoms with Crippen molar-refractivity contribution in [1.29, 1.82) is 0 Å². The SMILES string of the molecule is Clc1ccc(CN2CC=C(/C=C/c3ccccc3)CC2)cc1Cl. The van der Waals surface area contributed by atoms with Gasteiger partial charge in [-0.1, -0.05) is 77.8 Å². The zero-order valence-electron chi connectivity index (χ0n) is 12.9. The van der Waals surface area contributed by atoms with E-state index < -0.39 is 0 Å². The Morgan fingerprint density at radius 1 is 0.957 bits per heavy atom. The molecule has 0 aromatic heterocycles. The number of hydrogen-bond donors (Lipinski definition) is 0. The topological polar surface area (TPSA) is 3.24 Å². The average molecular weight is 344 g/mol. The van der Waals surface area contributed by atoms with Crippen molar-refractivity contribution in [2.45, 2.75) is 13.0 Å². The number of nitrogens with zero attached hydrogens (tertiary/aromatic N) is 1. The van der Waals surface area contributed by atoms with Crippen LogP contribution in [0.15, 0.2) is 66.3 Å². The summed E-state index contributed by atoms with van der Waals surface area (Å²) in [6.07, 6.45) is 7.79. The molecule has 0 saturated carbocycles. The first-order valence-corrected chi connectivity index (χ1v) is 8.55. The molecule has 1 nitrogen and oxygen atoms in total. The van der Waals surface area contributed by atoms with E-state index in [2.05, 4.69) is 47.4 Å². The van der Waals surface area contributed by atoms with Crippen molar-refractivity contribution in [2.24, 2.45) is 0 Å². The molecule has 0 atom stereocenters. The maximum Gasteiger partial charge on any atom is 0.0595 e. The highest BCUT2D eigenvalue weighted by Crippen LogP contribution is 2.24. The monoisotopic (exact) mass is 343 g/mol. The molecular weight excluding hydrogens is 325 g/mol. The number of hydrogen-bond acceptors (Lipinski definition) is 1. The van der Waals surface area contributed by atoms with Crippen molar-refractivity contribution in [3.63, 3.8) is 0 Å². The zero-order valence-corrected chi connectivity index (χ0v) is 14.4. The van der Waals surface area contributed by atoms with Gasteiger partial charge in [0.15, 0.2) is 0 Å². The van der Waals surface area contributed by atoms with Crippen LogP contribution in [0.2, 0.25) is 10.0 Å². The summed E-state index contributed by atoms with van der Waals surface area (Å²) in [6, 6.07) is 16.3. The third kappa shape index (κ3) is 4.71. The molecule has 0 bridgehead atoms. The van der Waals surface area contributed by atoms with E-state index >= 15 is 0 Å². The lowest BCUT2D eigenvalue weighted by molar-refractivity contribution is 0.287. The van der Waals surface area contributed by atoms with E-state index in [0.29, 0.717) is 10.0 Å². The van der Waals surface area contributed by atoms with Crippen LogP contribution in [0.1, 0.15) is 17.5 Å². The highest BCUT2D eigenvalue weighted by molar-refractivity contribution is 6.42. The summed E-state index contributed by atoms with van der Waals surface area (Å²) in [7, 11) is 0. The Bertz CT molecular complexity index is 720. The van der Waals surface area contributed by atoms with Gasteiger partial charge in [-0.2, -0.15) is 0 Å². The summed E-state index contributed by atoms with van der Waals surface area (Å²) in [4.78, 5) is 2.42. The van der Waals surface area contributed by atoms with Gasteiger partial charge in [-0.3, -0.25) is 4.90 Å². The molecule has 2 aromatic rings.